The second kappa shape index (κ2) is 7.29. The van der Waals surface area contributed by atoms with Gasteiger partial charge in [0.15, 0.2) is 5.56 Å². The summed E-state index contributed by atoms with van der Waals surface area (Å²) in [6.07, 6.45) is -4.52. The quantitative estimate of drug-likeness (QED) is 0.478. The van der Waals surface area contributed by atoms with Gasteiger partial charge in [0, 0.05) is 11.9 Å². The molecule has 3 aromatic rings. The van der Waals surface area contributed by atoms with Crippen molar-refractivity contribution >= 4 is 22.6 Å². The Balaban J connectivity index is 1.99. The van der Waals surface area contributed by atoms with Crippen LogP contribution in [0.2, 0.25) is 0 Å². The number of alkyl halides is 3. The molecule has 162 valence electrons. The molecule has 31 heavy (non-hydrogen) atoms. The van der Waals surface area contributed by atoms with Gasteiger partial charge < -0.3 is 15.2 Å². The molecule has 1 aliphatic rings. The summed E-state index contributed by atoms with van der Waals surface area (Å²) in [5, 5.41) is 13.4. The monoisotopic (exact) mass is 436 g/mol. The van der Waals surface area contributed by atoms with Gasteiger partial charge in [-0.05, 0) is 36.8 Å². The van der Waals surface area contributed by atoms with Gasteiger partial charge in [0.2, 0.25) is 0 Å². The minimum absolute atomic E-state index is 0.0455. The van der Waals surface area contributed by atoms with E-state index in [1.807, 2.05) is 0 Å². The summed E-state index contributed by atoms with van der Waals surface area (Å²) >= 11 is 0. The lowest BCUT2D eigenvalue weighted by Gasteiger charge is -2.30. The van der Waals surface area contributed by atoms with Gasteiger partial charge in [-0.2, -0.15) is 13.2 Å². The zero-order valence-electron chi connectivity index (χ0n) is 16.1. The predicted octanol–water partition coefficient (Wildman–Crippen LogP) is 4.06. The van der Waals surface area contributed by atoms with E-state index in [-0.39, 0.29) is 29.7 Å². The Hall–Kier alpha value is -3.56. The van der Waals surface area contributed by atoms with Crippen LogP contribution in [0.4, 0.5) is 23.2 Å². The van der Waals surface area contributed by atoms with Crippen molar-refractivity contribution in [3.05, 3.63) is 69.3 Å². The first-order valence-corrected chi connectivity index (χ1v) is 9.32. The molecule has 0 spiro atoms. The molecule has 0 aliphatic carbocycles. The summed E-state index contributed by atoms with van der Waals surface area (Å²) < 4.78 is 58.9. The van der Waals surface area contributed by atoms with Crippen molar-refractivity contribution < 1.29 is 32.2 Å². The third kappa shape index (κ3) is 3.37. The Kier molecular flexibility index (Phi) is 4.87. The maximum atomic E-state index is 14.1. The van der Waals surface area contributed by atoms with Crippen LogP contribution in [0.3, 0.4) is 0 Å². The number of carbonyl (C=O) groups is 1. The number of pyridine rings is 1. The van der Waals surface area contributed by atoms with Crippen LogP contribution in [0.25, 0.3) is 10.9 Å². The van der Waals surface area contributed by atoms with E-state index in [0.29, 0.717) is 5.56 Å². The molecule has 2 N–H and O–H groups in total. The minimum atomic E-state index is -4.52. The van der Waals surface area contributed by atoms with Crippen molar-refractivity contribution in [3.8, 4) is 5.75 Å². The number of nitrogens with one attached hydrogen (secondary N) is 1. The molecule has 0 saturated carbocycles. The van der Waals surface area contributed by atoms with Gasteiger partial charge in [0.25, 0.3) is 5.56 Å². The van der Waals surface area contributed by atoms with Crippen LogP contribution in [0.5, 0.6) is 5.75 Å². The lowest BCUT2D eigenvalue weighted by Crippen LogP contribution is -2.37. The lowest BCUT2D eigenvalue weighted by molar-refractivity contribution is -0.137. The highest BCUT2D eigenvalue weighted by atomic mass is 19.4. The molecular formula is C21H16F4N2O4. The number of nitrogens with zero attached hydrogens (tertiary/aromatic N) is 1. The highest BCUT2D eigenvalue weighted by Crippen LogP contribution is 2.38. The average molecular weight is 436 g/mol. The number of rotatable bonds is 3. The van der Waals surface area contributed by atoms with Gasteiger partial charge in [-0.25, -0.2) is 9.18 Å². The number of hydrogen-bond donors (Lipinski definition) is 2. The molecular weight excluding hydrogens is 420 g/mol. The van der Waals surface area contributed by atoms with E-state index in [2.05, 4.69) is 5.32 Å². The van der Waals surface area contributed by atoms with Crippen LogP contribution in [0, 0.1) is 5.82 Å². The average Bonchev–Trinajstić information content (AvgIpc) is 2.71. The Morgan fingerprint density at radius 1 is 1.26 bits per heavy atom. The van der Waals surface area contributed by atoms with E-state index in [4.69, 9.17) is 4.74 Å². The van der Waals surface area contributed by atoms with Crippen molar-refractivity contribution in [1.29, 1.82) is 0 Å². The lowest BCUT2D eigenvalue weighted by atomic mass is 9.99. The predicted molar refractivity (Wildman–Crippen MR) is 104 cm³/mol. The molecule has 1 aliphatic heterocycles. The number of esters is 1. The molecule has 6 nitrogen and oxygen atoms in total. The summed E-state index contributed by atoms with van der Waals surface area (Å²) in [5.41, 5.74) is -1.70. The van der Waals surface area contributed by atoms with Gasteiger partial charge in [-0.3, -0.25) is 9.36 Å². The van der Waals surface area contributed by atoms with Gasteiger partial charge in [0.05, 0.1) is 29.4 Å². The zero-order valence-corrected chi connectivity index (χ0v) is 16.1. The normalized spacial score (nSPS) is 15.6. The van der Waals surface area contributed by atoms with E-state index in [9.17, 15) is 32.3 Å². The molecule has 0 fully saturated rings. The molecule has 0 amide bonds. The molecule has 2 aromatic carbocycles. The molecule has 0 saturated heterocycles. The number of ether oxygens (including phenoxy) is 1. The van der Waals surface area contributed by atoms with E-state index in [0.717, 1.165) is 24.3 Å². The fourth-order valence-corrected chi connectivity index (χ4v) is 3.78. The number of halogens is 4. The fourth-order valence-electron chi connectivity index (χ4n) is 3.78. The van der Waals surface area contributed by atoms with Crippen molar-refractivity contribution in [2.75, 3.05) is 18.5 Å². The highest BCUT2D eigenvalue weighted by Gasteiger charge is 2.33. The highest BCUT2D eigenvalue weighted by molar-refractivity contribution is 6.03. The van der Waals surface area contributed by atoms with Crippen molar-refractivity contribution in [2.45, 2.75) is 19.1 Å². The second-order valence-electron chi connectivity index (χ2n) is 6.99. The number of aromatic hydroxyl groups is 1. The van der Waals surface area contributed by atoms with E-state index >= 15 is 0 Å². The maximum absolute atomic E-state index is 14.1. The number of anilines is 1. The first-order valence-electron chi connectivity index (χ1n) is 9.32. The van der Waals surface area contributed by atoms with Gasteiger partial charge in [-0.1, -0.05) is 12.1 Å². The molecule has 1 unspecified atom stereocenters. The molecule has 1 atom stereocenters. The third-order valence-electron chi connectivity index (χ3n) is 5.14. The molecule has 1 aromatic heterocycles. The molecule has 0 bridgehead atoms. The zero-order chi connectivity index (χ0) is 22.5. The molecule has 0 radical (unpaired) electrons. The van der Waals surface area contributed by atoms with Gasteiger partial charge in [-0.15, -0.1) is 0 Å². The van der Waals surface area contributed by atoms with E-state index in [1.165, 1.54) is 23.6 Å². The Morgan fingerprint density at radius 2 is 1.94 bits per heavy atom. The summed E-state index contributed by atoms with van der Waals surface area (Å²) in [4.78, 5) is 25.6. The second-order valence-corrected chi connectivity index (χ2v) is 6.99. The number of benzene rings is 2. The maximum Gasteiger partial charge on any atom is 0.416 e. The van der Waals surface area contributed by atoms with Crippen LogP contribution in [-0.2, 0) is 10.9 Å². The summed E-state index contributed by atoms with van der Waals surface area (Å²) in [7, 11) is 0. The van der Waals surface area contributed by atoms with Crippen LogP contribution in [0.15, 0.2) is 41.2 Å². The molecule has 2 heterocycles. The van der Waals surface area contributed by atoms with E-state index < -0.39 is 46.4 Å². The SMILES string of the molecule is CCOC(=O)c1c(O)c2cc(F)cc3c2n(c1=O)C(c1ccc(C(F)(F)F)cc1)CN3. The first-order chi connectivity index (χ1) is 14.6. The van der Waals surface area contributed by atoms with Crippen LogP contribution < -0.4 is 10.9 Å². The van der Waals surface area contributed by atoms with Crippen molar-refractivity contribution in [2.24, 2.45) is 0 Å². The Labute approximate surface area is 172 Å². The Bertz CT molecular complexity index is 1250. The number of aromatic nitrogens is 1. The summed E-state index contributed by atoms with van der Waals surface area (Å²) in [6, 6.07) is 5.55. The molecule has 4 rings (SSSR count). The standard InChI is InChI=1S/C21H16F4N2O4/c1-2-31-20(30)16-18(28)13-7-12(22)8-14-17(13)27(19(16)29)15(9-26-14)10-3-5-11(6-4-10)21(23,24)25/h3-8,15,26,28H,2,9H2,1H3. The molecule has 10 heteroatoms. The number of carbonyl (C=O) groups excluding carboxylic acids is 1. The topological polar surface area (TPSA) is 80.6 Å². The van der Waals surface area contributed by atoms with Gasteiger partial charge in [0.1, 0.15) is 11.6 Å². The summed E-state index contributed by atoms with van der Waals surface area (Å²) in [5.74, 6) is -2.50. The first kappa shape index (κ1) is 20.7. The van der Waals surface area contributed by atoms with Crippen LogP contribution >= 0.6 is 0 Å². The largest absolute Gasteiger partial charge is 0.506 e. The van der Waals surface area contributed by atoms with Crippen molar-refractivity contribution in [3.63, 3.8) is 0 Å². The smallest absolute Gasteiger partial charge is 0.416 e. The summed E-state index contributed by atoms with van der Waals surface area (Å²) in [6.45, 7) is 1.50. The van der Waals surface area contributed by atoms with Crippen LogP contribution in [0.1, 0.15) is 34.5 Å². The third-order valence-corrected chi connectivity index (χ3v) is 5.14. The van der Waals surface area contributed by atoms with Crippen LogP contribution in [-0.4, -0.2) is 28.8 Å². The van der Waals surface area contributed by atoms with E-state index in [1.54, 1.807) is 0 Å². The number of hydrogen-bond acceptors (Lipinski definition) is 5. The Morgan fingerprint density at radius 3 is 2.55 bits per heavy atom. The minimum Gasteiger partial charge on any atom is -0.506 e. The van der Waals surface area contributed by atoms with Gasteiger partial charge >= 0.3 is 12.1 Å². The fraction of sp³-hybridized carbons (Fsp3) is 0.238. The van der Waals surface area contributed by atoms with Crippen molar-refractivity contribution in [1.82, 2.24) is 4.57 Å².